The molecule has 0 radical (unpaired) electrons. The minimum absolute atomic E-state index is 0.00639. The summed E-state index contributed by atoms with van der Waals surface area (Å²) in [6, 6.07) is 9.06. The molecule has 2 N–H and O–H groups in total. The molecule has 0 spiro atoms. The van der Waals surface area contributed by atoms with Gasteiger partial charge in [-0.2, -0.15) is 10.5 Å². The molecule has 0 unspecified atom stereocenters. The lowest BCUT2D eigenvalue weighted by atomic mass is 9.99. The Bertz CT molecular complexity index is 983. The van der Waals surface area contributed by atoms with Crippen LogP contribution in [0.15, 0.2) is 24.3 Å². The van der Waals surface area contributed by atoms with E-state index < -0.39 is 11.6 Å². The van der Waals surface area contributed by atoms with Gasteiger partial charge in [0.25, 0.3) is 0 Å². The molecule has 0 amide bonds. The molecule has 2 aromatic rings. The van der Waals surface area contributed by atoms with Gasteiger partial charge in [0.2, 0.25) is 0 Å². The van der Waals surface area contributed by atoms with Crippen molar-refractivity contribution >= 4 is 11.5 Å². The summed E-state index contributed by atoms with van der Waals surface area (Å²) in [4.78, 5) is 11.6. The van der Waals surface area contributed by atoms with Crippen LogP contribution in [0.2, 0.25) is 0 Å². The monoisotopic (exact) mass is 381 g/mol. The average Bonchev–Trinajstić information content (AvgIpc) is 3.49. The minimum atomic E-state index is -0.515. The molecule has 0 atom stereocenters. The number of carbonyl (C=O) groups excluding carboxylic acids is 1. The minimum Gasteiger partial charge on any atom is -0.398 e. The second kappa shape index (κ2) is 9.10. The summed E-state index contributed by atoms with van der Waals surface area (Å²) in [6.07, 6.45) is 3.15. The van der Waals surface area contributed by atoms with Crippen molar-refractivity contribution in [3.05, 3.63) is 63.7 Å². The Hall–Kier alpha value is -3.25. The van der Waals surface area contributed by atoms with Gasteiger partial charge in [-0.1, -0.05) is 0 Å². The topological polar surface area (TPSA) is 90.7 Å². The van der Waals surface area contributed by atoms with E-state index in [0.717, 1.165) is 24.0 Å². The van der Waals surface area contributed by atoms with E-state index in [1.54, 1.807) is 26.0 Å². The number of hydrogen-bond donors (Lipinski definition) is 1. The van der Waals surface area contributed by atoms with Gasteiger partial charge in [0, 0.05) is 18.0 Å². The SMILES string of the molecule is Cc1cc(F)c(C#N)cc1CCC(=O)C1CC1.Cc1cc(F)c(C#N)cc1N. The average molecular weight is 381 g/mol. The molecule has 28 heavy (non-hydrogen) atoms. The maximum Gasteiger partial charge on any atom is 0.141 e. The largest absolute Gasteiger partial charge is 0.398 e. The Morgan fingerprint density at radius 1 is 1.04 bits per heavy atom. The van der Waals surface area contributed by atoms with Crippen molar-refractivity contribution in [2.75, 3.05) is 5.73 Å². The molecule has 6 heteroatoms. The maximum atomic E-state index is 13.3. The Labute approximate surface area is 163 Å². The van der Waals surface area contributed by atoms with Crippen LogP contribution in [-0.4, -0.2) is 5.78 Å². The first-order chi connectivity index (χ1) is 13.3. The molecule has 1 aliphatic carbocycles. The van der Waals surface area contributed by atoms with Crippen molar-refractivity contribution in [3.63, 3.8) is 0 Å². The molecule has 1 aliphatic rings. The number of hydrogen-bond acceptors (Lipinski definition) is 4. The molecule has 0 saturated heterocycles. The van der Waals surface area contributed by atoms with Crippen LogP contribution in [0.4, 0.5) is 14.5 Å². The zero-order valence-corrected chi connectivity index (χ0v) is 15.9. The van der Waals surface area contributed by atoms with E-state index in [1.165, 1.54) is 18.2 Å². The first kappa shape index (κ1) is 21.1. The Morgan fingerprint density at radius 3 is 2.11 bits per heavy atom. The number of carbonyl (C=O) groups is 1. The molecule has 0 heterocycles. The maximum absolute atomic E-state index is 13.3. The quantitative estimate of drug-likeness (QED) is 0.789. The number of nitriles is 2. The third-order valence-corrected chi connectivity index (χ3v) is 4.70. The van der Waals surface area contributed by atoms with Gasteiger partial charge in [0.1, 0.15) is 29.6 Å². The first-order valence-electron chi connectivity index (χ1n) is 8.94. The highest BCUT2D eigenvalue weighted by Gasteiger charge is 2.28. The molecule has 144 valence electrons. The molecule has 3 rings (SSSR count). The van der Waals surface area contributed by atoms with Crippen LogP contribution < -0.4 is 5.73 Å². The van der Waals surface area contributed by atoms with Crippen molar-refractivity contribution in [1.29, 1.82) is 10.5 Å². The van der Waals surface area contributed by atoms with Crippen molar-refractivity contribution < 1.29 is 13.6 Å². The highest BCUT2D eigenvalue weighted by molar-refractivity contribution is 5.83. The van der Waals surface area contributed by atoms with E-state index in [9.17, 15) is 13.6 Å². The number of nitrogens with two attached hydrogens (primary N) is 1. The summed E-state index contributed by atoms with van der Waals surface area (Å²) in [5.41, 5.74) is 8.31. The molecule has 1 fully saturated rings. The number of nitrogens with zero attached hydrogens (tertiary/aromatic N) is 2. The van der Waals surface area contributed by atoms with Crippen LogP contribution in [0.1, 0.15) is 47.1 Å². The Kier molecular flexibility index (Phi) is 6.84. The number of benzene rings is 2. The molecule has 2 aromatic carbocycles. The number of rotatable bonds is 4. The highest BCUT2D eigenvalue weighted by atomic mass is 19.1. The summed E-state index contributed by atoms with van der Waals surface area (Å²) < 4.78 is 26.0. The van der Waals surface area contributed by atoms with Crippen molar-refractivity contribution in [1.82, 2.24) is 0 Å². The van der Waals surface area contributed by atoms with Crippen LogP contribution >= 0.6 is 0 Å². The predicted molar refractivity (Wildman–Crippen MR) is 102 cm³/mol. The van der Waals surface area contributed by atoms with E-state index in [0.29, 0.717) is 29.9 Å². The lowest BCUT2D eigenvalue weighted by Crippen LogP contribution is -2.03. The summed E-state index contributed by atoms with van der Waals surface area (Å²) >= 11 is 0. The van der Waals surface area contributed by atoms with Crippen molar-refractivity contribution in [2.45, 2.75) is 39.5 Å². The Balaban J connectivity index is 0.000000221. The van der Waals surface area contributed by atoms with Gasteiger partial charge in [-0.05, 0) is 74.1 Å². The van der Waals surface area contributed by atoms with Gasteiger partial charge >= 0.3 is 0 Å². The second-order valence-electron chi connectivity index (χ2n) is 6.91. The van der Waals surface area contributed by atoms with Crippen LogP contribution in [0, 0.1) is 54.1 Å². The van der Waals surface area contributed by atoms with E-state index >= 15 is 0 Å². The van der Waals surface area contributed by atoms with Crippen LogP contribution in [-0.2, 0) is 11.2 Å². The van der Waals surface area contributed by atoms with Crippen LogP contribution in [0.5, 0.6) is 0 Å². The fraction of sp³-hybridized carbons (Fsp3) is 0.318. The van der Waals surface area contributed by atoms with E-state index in [4.69, 9.17) is 16.3 Å². The number of nitrogen functional groups attached to an aromatic ring is 1. The molecule has 1 saturated carbocycles. The predicted octanol–water partition coefficient (Wildman–Crippen LogP) is 4.51. The molecule has 4 nitrogen and oxygen atoms in total. The van der Waals surface area contributed by atoms with Gasteiger partial charge in [-0.15, -0.1) is 0 Å². The van der Waals surface area contributed by atoms with E-state index in [-0.39, 0.29) is 17.0 Å². The number of halogens is 2. The summed E-state index contributed by atoms with van der Waals surface area (Å²) in [6.45, 7) is 3.50. The summed E-state index contributed by atoms with van der Waals surface area (Å²) in [5, 5.41) is 17.1. The summed E-state index contributed by atoms with van der Waals surface area (Å²) in [5.74, 6) is -0.431. The van der Waals surface area contributed by atoms with Gasteiger partial charge < -0.3 is 5.73 Å². The van der Waals surface area contributed by atoms with Gasteiger partial charge in [-0.3, -0.25) is 4.79 Å². The van der Waals surface area contributed by atoms with Crippen LogP contribution in [0.25, 0.3) is 0 Å². The first-order valence-corrected chi connectivity index (χ1v) is 8.94. The number of Topliss-reactive ketones (excluding diaryl/α,β-unsaturated/α-hetero) is 1. The van der Waals surface area contributed by atoms with Crippen molar-refractivity contribution in [3.8, 4) is 12.1 Å². The fourth-order valence-electron chi connectivity index (χ4n) is 2.71. The number of anilines is 1. The highest BCUT2D eigenvalue weighted by Crippen LogP contribution is 2.31. The molecule has 0 bridgehead atoms. The van der Waals surface area contributed by atoms with Gasteiger partial charge in [0.05, 0.1) is 11.1 Å². The molecular weight excluding hydrogens is 360 g/mol. The van der Waals surface area contributed by atoms with Gasteiger partial charge in [0.15, 0.2) is 0 Å². The standard InChI is InChI=1S/C14H14FNO.C8H7FN2/c1-9-6-13(15)12(8-16)7-11(9)4-5-14(17)10-2-3-10;1-5-2-7(9)6(4-10)3-8(5)11/h6-7,10H,2-5H2,1H3;2-3H,11H2,1H3. The van der Waals surface area contributed by atoms with Crippen molar-refractivity contribution in [2.24, 2.45) is 5.92 Å². The zero-order chi connectivity index (χ0) is 20.8. The number of ketones is 1. The smallest absolute Gasteiger partial charge is 0.141 e. The van der Waals surface area contributed by atoms with Gasteiger partial charge in [-0.25, -0.2) is 8.78 Å². The zero-order valence-electron chi connectivity index (χ0n) is 15.9. The normalized spacial score (nSPS) is 12.4. The Morgan fingerprint density at radius 2 is 1.57 bits per heavy atom. The molecule has 0 aromatic heterocycles. The third kappa shape index (κ3) is 5.37. The lowest BCUT2D eigenvalue weighted by Gasteiger charge is -2.06. The summed E-state index contributed by atoms with van der Waals surface area (Å²) in [7, 11) is 0. The number of aryl methyl sites for hydroxylation is 3. The van der Waals surface area contributed by atoms with E-state index in [2.05, 4.69) is 0 Å². The second-order valence-corrected chi connectivity index (χ2v) is 6.91. The third-order valence-electron chi connectivity index (χ3n) is 4.70. The van der Waals surface area contributed by atoms with E-state index in [1.807, 2.05) is 6.07 Å². The lowest BCUT2D eigenvalue weighted by molar-refractivity contribution is -0.120. The molecule has 0 aliphatic heterocycles. The fourth-order valence-corrected chi connectivity index (χ4v) is 2.71. The van der Waals surface area contributed by atoms with Crippen LogP contribution in [0.3, 0.4) is 0 Å². The molecular formula is C22H21F2N3O.